The summed E-state index contributed by atoms with van der Waals surface area (Å²) < 4.78 is 28.0. The summed E-state index contributed by atoms with van der Waals surface area (Å²) in [6.07, 6.45) is 1.61. The molecule has 0 radical (unpaired) electrons. The number of carbonyl (C=O) groups is 2. The van der Waals surface area contributed by atoms with Gasteiger partial charge in [-0.2, -0.15) is 8.42 Å². The Morgan fingerprint density at radius 3 is 2.11 bits per heavy atom. The van der Waals surface area contributed by atoms with Crippen LogP contribution >= 0.6 is 0 Å². The molecule has 1 aliphatic carbocycles. The third-order valence-electron chi connectivity index (χ3n) is 2.18. The van der Waals surface area contributed by atoms with Crippen molar-refractivity contribution in [3.05, 3.63) is 23.8 Å². The fourth-order valence-corrected chi connectivity index (χ4v) is 2.08. The largest absolute Gasteiger partial charge is 1.00 e. The predicted octanol–water partition coefficient (Wildman–Crippen LogP) is -8.99. The third kappa shape index (κ3) is 4.56. The van der Waals surface area contributed by atoms with Gasteiger partial charge in [-0.05, 0) is 5.57 Å². The zero-order chi connectivity index (χ0) is 12.6. The van der Waals surface area contributed by atoms with Gasteiger partial charge in [-0.3, -0.25) is 4.55 Å². The number of hydrogen-bond acceptors (Lipinski definition) is 6. The monoisotopic (exact) mass is 324 g/mol. The topological polar surface area (TPSA) is 135 Å². The molecule has 1 unspecified atom stereocenters. The van der Waals surface area contributed by atoms with Crippen LogP contribution in [0.15, 0.2) is 23.8 Å². The Balaban J connectivity index is 0. The fraction of sp³-hybridized carbons (Fsp3) is 0.250. The smallest absolute Gasteiger partial charge is 0.548 e. The molecule has 10 heteroatoms. The number of aliphatic carboxylic acids is 2. The van der Waals surface area contributed by atoms with Crippen LogP contribution in [0.1, 0.15) is 6.42 Å². The molecule has 0 bridgehead atoms. The van der Waals surface area contributed by atoms with Gasteiger partial charge < -0.3 is 19.8 Å². The molecule has 1 N–H and O–H groups in total. The molecule has 1 aliphatic rings. The molecular formula is C8H6K2O7S. The van der Waals surface area contributed by atoms with Gasteiger partial charge in [0.25, 0.3) is 10.1 Å². The zero-order valence-electron chi connectivity index (χ0n) is 9.74. The maximum absolute atomic E-state index is 11.0. The zero-order valence-corrected chi connectivity index (χ0v) is 16.8. The van der Waals surface area contributed by atoms with E-state index in [4.69, 9.17) is 4.55 Å². The Morgan fingerprint density at radius 2 is 1.78 bits per heavy atom. The summed E-state index contributed by atoms with van der Waals surface area (Å²) in [5.41, 5.74) is -0.552. The van der Waals surface area contributed by atoms with Gasteiger partial charge in [0, 0.05) is 6.42 Å². The van der Waals surface area contributed by atoms with Gasteiger partial charge in [-0.1, -0.05) is 18.2 Å². The van der Waals surface area contributed by atoms with Crippen LogP contribution in [-0.2, 0) is 19.7 Å². The van der Waals surface area contributed by atoms with Crippen LogP contribution < -0.4 is 113 Å². The minimum absolute atomic E-state index is 0. The molecule has 0 saturated carbocycles. The molecule has 0 saturated heterocycles. The third-order valence-corrected chi connectivity index (χ3v) is 3.55. The number of carbonyl (C=O) groups excluding carboxylic acids is 2. The Hall–Kier alpha value is 1.60. The van der Waals surface area contributed by atoms with E-state index in [0.29, 0.717) is 6.08 Å². The maximum atomic E-state index is 11.0. The molecule has 0 spiro atoms. The standard InChI is InChI=1S/C8H8O7S.2K/c9-6(10)5-2-1-3-8(4-5,7(11)12)16(13,14)15;;/h1-3H,4H2,(H,9,10)(H,11,12)(H,13,14,15);;/q;2*+1/p-2. The number of carboxylic acid groups (broad SMARTS) is 2. The molecule has 0 aromatic rings. The second kappa shape index (κ2) is 8.14. The van der Waals surface area contributed by atoms with Crippen molar-refractivity contribution >= 4 is 22.1 Å². The Labute approximate surface area is 188 Å². The predicted molar refractivity (Wildman–Crippen MR) is 46.1 cm³/mol. The van der Waals surface area contributed by atoms with Crippen molar-refractivity contribution in [2.45, 2.75) is 11.2 Å². The van der Waals surface area contributed by atoms with Crippen LogP contribution in [0.2, 0.25) is 0 Å². The van der Waals surface area contributed by atoms with Crippen molar-refractivity contribution < 1.29 is 136 Å². The molecule has 0 aliphatic heterocycles. The van der Waals surface area contributed by atoms with Crippen molar-refractivity contribution in [1.29, 1.82) is 0 Å². The van der Waals surface area contributed by atoms with Crippen LogP contribution in [0.3, 0.4) is 0 Å². The first-order valence-electron chi connectivity index (χ1n) is 3.99. The van der Waals surface area contributed by atoms with Crippen LogP contribution in [-0.4, -0.2) is 29.7 Å². The van der Waals surface area contributed by atoms with E-state index in [-0.39, 0.29) is 103 Å². The molecule has 1 atom stereocenters. The minimum Gasteiger partial charge on any atom is -0.548 e. The van der Waals surface area contributed by atoms with Crippen molar-refractivity contribution in [1.82, 2.24) is 0 Å². The Bertz CT molecular complexity index is 508. The summed E-state index contributed by atoms with van der Waals surface area (Å²) in [5, 5.41) is 21.2. The number of carboxylic acids is 2. The number of rotatable bonds is 3. The van der Waals surface area contributed by atoms with E-state index in [1.54, 1.807) is 0 Å². The van der Waals surface area contributed by atoms with Gasteiger partial charge in [-0.25, -0.2) is 0 Å². The van der Waals surface area contributed by atoms with E-state index < -0.39 is 38.8 Å². The molecule has 7 nitrogen and oxygen atoms in total. The van der Waals surface area contributed by atoms with Gasteiger partial charge in [0.15, 0.2) is 4.75 Å². The maximum Gasteiger partial charge on any atom is 1.00 e. The normalized spacial score (nSPS) is 22.2. The van der Waals surface area contributed by atoms with Crippen molar-refractivity contribution in [2.75, 3.05) is 0 Å². The molecule has 0 heterocycles. The summed E-state index contributed by atoms with van der Waals surface area (Å²) in [7, 11) is -5.03. The fourth-order valence-electron chi connectivity index (χ4n) is 1.28. The summed E-state index contributed by atoms with van der Waals surface area (Å²) in [6.45, 7) is 0. The van der Waals surface area contributed by atoms with Crippen LogP contribution in [0.4, 0.5) is 0 Å². The number of hydrogen-bond donors (Lipinski definition) is 1. The molecule has 0 aromatic heterocycles. The summed E-state index contributed by atoms with van der Waals surface area (Å²) in [4.78, 5) is 21.2. The molecule has 18 heavy (non-hydrogen) atoms. The summed E-state index contributed by atoms with van der Waals surface area (Å²) >= 11 is 0. The Kier molecular flexibility index (Phi) is 9.91. The van der Waals surface area contributed by atoms with Gasteiger partial charge in [0.2, 0.25) is 0 Å². The second-order valence-corrected chi connectivity index (χ2v) is 4.85. The SMILES string of the molecule is O=C([O-])C1=CC=CC(C(=O)[O-])(S(=O)(=O)O)C1.[K+].[K+]. The molecule has 0 amide bonds. The Morgan fingerprint density at radius 1 is 1.28 bits per heavy atom. The molecule has 0 aromatic carbocycles. The van der Waals surface area contributed by atoms with E-state index in [0.717, 1.165) is 12.2 Å². The van der Waals surface area contributed by atoms with E-state index in [1.165, 1.54) is 0 Å². The molecular weight excluding hydrogens is 318 g/mol. The van der Waals surface area contributed by atoms with Crippen LogP contribution in [0.25, 0.3) is 0 Å². The van der Waals surface area contributed by atoms with E-state index in [9.17, 15) is 28.2 Å². The van der Waals surface area contributed by atoms with Gasteiger partial charge in [-0.15, -0.1) is 0 Å². The first-order valence-corrected chi connectivity index (χ1v) is 5.43. The first-order chi connectivity index (χ1) is 7.21. The van der Waals surface area contributed by atoms with Crippen molar-refractivity contribution in [3.8, 4) is 0 Å². The van der Waals surface area contributed by atoms with Crippen molar-refractivity contribution in [3.63, 3.8) is 0 Å². The van der Waals surface area contributed by atoms with Crippen LogP contribution in [0, 0.1) is 0 Å². The molecule has 0 fully saturated rings. The van der Waals surface area contributed by atoms with Gasteiger partial charge in [0.05, 0.1) is 11.9 Å². The minimum atomic E-state index is -5.03. The summed E-state index contributed by atoms with van der Waals surface area (Å²) in [6, 6.07) is 0. The first kappa shape index (κ1) is 21.9. The number of allylic oxidation sites excluding steroid dienone is 2. The molecule has 88 valence electrons. The average Bonchev–Trinajstić information content (AvgIpc) is 2.15. The summed E-state index contributed by atoms with van der Waals surface area (Å²) in [5.74, 6) is -3.81. The quantitative estimate of drug-likeness (QED) is 0.402. The van der Waals surface area contributed by atoms with E-state index in [2.05, 4.69) is 0 Å². The van der Waals surface area contributed by atoms with E-state index >= 15 is 0 Å². The van der Waals surface area contributed by atoms with Crippen molar-refractivity contribution in [2.24, 2.45) is 0 Å². The molecule has 1 rings (SSSR count). The van der Waals surface area contributed by atoms with Crippen LogP contribution in [0.5, 0.6) is 0 Å². The van der Waals surface area contributed by atoms with Gasteiger partial charge >= 0.3 is 103 Å². The van der Waals surface area contributed by atoms with Gasteiger partial charge in [0.1, 0.15) is 0 Å². The second-order valence-electron chi connectivity index (χ2n) is 3.17. The average molecular weight is 324 g/mol. The van der Waals surface area contributed by atoms with E-state index in [1.807, 2.05) is 0 Å².